The fourth-order valence-electron chi connectivity index (χ4n) is 1.13. The number of nitrogens with one attached hydrogen (secondary N) is 1. The fourth-order valence-corrected chi connectivity index (χ4v) is 2.46. The van der Waals surface area contributed by atoms with E-state index in [0.29, 0.717) is 5.69 Å². The van der Waals surface area contributed by atoms with Gasteiger partial charge in [0.25, 0.3) is 5.69 Å². The topological polar surface area (TPSA) is 129 Å². The Morgan fingerprint density at radius 3 is 2.30 bits per heavy atom. The zero-order valence-corrected chi connectivity index (χ0v) is 14.1. The van der Waals surface area contributed by atoms with Gasteiger partial charge in [0.1, 0.15) is 9.15 Å². The van der Waals surface area contributed by atoms with Crippen molar-refractivity contribution in [2.75, 3.05) is 11.1 Å². The van der Waals surface area contributed by atoms with Gasteiger partial charge in [-0.2, -0.15) is 0 Å². The summed E-state index contributed by atoms with van der Waals surface area (Å²) in [5.74, 6) is -0.630. The molecule has 0 bridgehead atoms. The number of rotatable bonds is 6. The molecular weight excluding hydrogens is 319 g/mol. The van der Waals surface area contributed by atoms with Crippen LogP contribution in [0.3, 0.4) is 0 Å². The molecule has 1 rings (SSSR count). The van der Waals surface area contributed by atoms with Crippen LogP contribution >= 0.6 is 10.8 Å². The number of hydrogen-bond donors (Lipinski definition) is 1. The van der Waals surface area contributed by atoms with E-state index in [2.05, 4.69) is 5.32 Å². The summed E-state index contributed by atoms with van der Waals surface area (Å²) in [6.45, 7) is 0. The molecule has 0 fully saturated rings. The largest absolute Gasteiger partial charge is 1.00 e. The van der Waals surface area contributed by atoms with Crippen molar-refractivity contribution < 1.29 is 52.2 Å². The zero-order chi connectivity index (χ0) is 14.5. The Morgan fingerprint density at radius 2 is 1.85 bits per heavy atom. The minimum Gasteiger partial charge on any atom is -0.739 e. The summed E-state index contributed by atoms with van der Waals surface area (Å²) in [6.07, 6.45) is -0.150. The first-order valence-corrected chi connectivity index (χ1v) is 7.83. The van der Waals surface area contributed by atoms with Crippen molar-refractivity contribution in [3.63, 3.8) is 0 Å². The zero-order valence-electron chi connectivity index (χ0n) is 10.4. The summed E-state index contributed by atoms with van der Waals surface area (Å²) >= 11 is 0. The molecule has 11 heteroatoms. The van der Waals surface area contributed by atoms with E-state index in [1.54, 1.807) is 0 Å². The molecule has 1 aromatic rings. The quantitative estimate of drug-likeness (QED) is 0.213. The molecule has 20 heavy (non-hydrogen) atoms. The van der Waals surface area contributed by atoms with Gasteiger partial charge in [-0.15, -0.1) is 0 Å². The molecule has 0 spiro atoms. The normalized spacial score (nSPS) is 10.4. The molecular formula is C9H9N2NaO6S2. The molecule has 8 nitrogen and oxygen atoms in total. The SMILES string of the molecule is O=C(CCSS(=O)(=O)[O-])Nc1ccc([N+](=O)[O-])cc1.[Na+]. The number of nitrogens with zero attached hydrogens (tertiary/aromatic N) is 1. The van der Waals surface area contributed by atoms with Gasteiger partial charge in [0.05, 0.1) is 4.92 Å². The molecule has 104 valence electrons. The van der Waals surface area contributed by atoms with Crippen LogP contribution < -0.4 is 34.9 Å². The van der Waals surface area contributed by atoms with Gasteiger partial charge in [-0.25, -0.2) is 8.42 Å². The number of benzene rings is 1. The Labute approximate surface area is 140 Å². The third-order valence-corrected chi connectivity index (χ3v) is 3.94. The Balaban J connectivity index is 0.00000361. The van der Waals surface area contributed by atoms with Crippen molar-refractivity contribution in [1.29, 1.82) is 0 Å². The van der Waals surface area contributed by atoms with E-state index < -0.39 is 20.0 Å². The average Bonchev–Trinajstić information content (AvgIpc) is 2.27. The van der Waals surface area contributed by atoms with Gasteiger partial charge in [0, 0.05) is 30.0 Å². The molecule has 0 atom stereocenters. The molecule has 0 aliphatic rings. The van der Waals surface area contributed by atoms with E-state index in [1.165, 1.54) is 24.3 Å². The Bertz CT molecular complexity index is 575. The van der Waals surface area contributed by atoms with E-state index in [1.807, 2.05) is 0 Å². The number of carbonyl (C=O) groups is 1. The van der Waals surface area contributed by atoms with Crippen LogP contribution in [0.5, 0.6) is 0 Å². The number of nitro groups is 1. The van der Waals surface area contributed by atoms with Gasteiger partial charge < -0.3 is 9.87 Å². The van der Waals surface area contributed by atoms with Crippen molar-refractivity contribution in [3.05, 3.63) is 34.4 Å². The third-order valence-electron chi connectivity index (χ3n) is 1.92. The van der Waals surface area contributed by atoms with E-state index in [0.717, 1.165) is 0 Å². The monoisotopic (exact) mass is 328 g/mol. The molecule has 0 aliphatic carbocycles. The molecule has 0 aromatic heterocycles. The van der Waals surface area contributed by atoms with Crippen molar-refractivity contribution in [2.45, 2.75) is 6.42 Å². The van der Waals surface area contributed by atoms with Crippen molar-refractivity contribution in [3.8, 4) is 0 Å². The number of non-ortho nitro benzene ring substituents is 1. The van der Waals surface area contributed by atoms with Gasteiger partial charge >= 0.3 is 29.6 Å². The maximum absolute atomic E-state index is 11.4. The summed E-state index contributed by atoms with van der Waals surface area (Å²) < 4.78 is 30.9. The summed E-state index contributed by atoms with van der Waals surface area (Å²) in [5.41, 5.74) is 0.247. The average molecular weight is 328 g/mol. The van der Waals surface area contributed by atoms with Gasteiger partial charge in [-0.3, -0.25) is 14.9 Å². The molecule has 1 amide bonds. The minimum atomic E-state index is -4.40. The summed E-state index contributed by atoms with van der Waals surface area (Å²) in [5, 5.41) is 12.8. The van der Waals surface area contributed by atoms with E-state index in [4.69, 9.17) is 0 Å². The van der Waals surface area contributed by atoms with Crippen molar-refractivity contribution in [1.82, 2.24) is 0 Å². The molecule has 0 heterocycles. The molecule has 0 saturated heterocycles. The second-order valence-corrected chi connectivity index (χ2v) is 6.72. The Kier molecular flexibility index (Phi) is 8.32. The predicted octanol–water partition coefficient (Wildman–Crippen LogP) is -1.88. The maximum atomic E-state index is 11.4. The second kappa shape index (κ2) is 8.60. The fraction of sp³-hybridized carbons (Fsp3) is 0.222. The molecule has 0 saturated carbocycles. The predicted molar refractivity (Wildman–Crippen MR) is 68.5 cm³/mol. The first-order valence-electron chi connectivity index (χ1n) is 4.92. The molecule has 0 radical (unpaired) electrons. The summed E-state index contributed by atoms with van der Waals surface area (Å²) in [7, 11) is -4.25. The first-order chi connectivity index (χ1) is 8.78. The molecule has 1 aromatic carbocycles. The number of amides is 1. The van der Waals surface area contributed by atoms with Crippen LogP contribution in [0.2, 0.25) is 0 Å². The van der Waals surface area contributed by atoms with Crippen LogP contribution in [0.25, 0.3) is 0 Å². The summed E-state index contributed by atoms with van der Waals surface area (Å²) in [4.78, 5) is 21.2. The Hall–Kier alpha value is -0.650. The standard InChI is InChI=1S/C9H10N2O6S2.Na/c12-9(5-6-18-19(15,16)17)10-7-1-3-8(4-2-7)11(13)14;/h1-4H,5-6H2,(H,10,12)(H,15,16,17);/q;+1/p-1. The molecule has 1 N–H and O–H groups in total. The second-order valence-electron chi connectivity index (χ2n) is 3.33. The van der Waals surface area contributed by atoms with Gasteiger partial charge in [-0.05, 0) is 22.9 Å². The van der Waals surface area contributed by atoms with Crippen LogP contribution in [0.1, 0.15) is 6.42 Å². The maximum Gasteiger partial charge on any atom is 1.00 e. The van der Waals surface area contributed by atoms with Crippen molar-refractivity contribution >= 4 is 37.2 Å². The van der Waals surface area contributed by atoms with Gasteiger partial charge in [0.15, 0.2) is 0 Å². The van der Waals surface area contributed by atoms with E-state index in [9.17, 15) is 27.9 Å². The van der Waals surface area contributed by atoms with Crippen LogP contribution in [-0.2, 0) is 13.9 Å². The third kappa shape index (κ3) is 7.82. The molecule has 0 unspecified atom stereocenters. The number of hydrogen-bond acceptors (Lipinski definition) is 7. The van der Waals surface area contributed by atoms with Gasteiger partial charge in [-0.1, -0.05) is 0 Å². The summed E-state index contributed by atoms with van der Waals surface area (Å²) in [6, 6.07) is 5.17. The van der Waals surface area contributed by atoms with E-state index >= 15 is 0 Å². The van der Waals surface area contributed by atoms with Crippen LogP contribution in [0.15, 0.2) is 24.3 Å². The number of anilines is 1. The molecule has 0 aliphatic heterocycles. The van der Waals surface area contributed by atoms with Crippen LogP contribution in [0.4, 0.5) is 11.4 Å². The smallest absolute Gasteiger partial charge is 0.739 e. The number of carbonyl (C=O) groups excluding carboxylic acids is 1. The van der Waals surface area contributed by atoms with Crippen LogP contribution in [0, 0.1) is 10.1 Å². The Morgan fingerprint density at radius 1 is 1.30 bits per heavy atom. The first kappa shape index (κ1) is 19.4. The van der Waals surface area contributed by atoms with Crippen LogP contribution in [-0.4, -0.2) is 29.6 Å². The minimum absolute atomic E-state index is 0. The van der Waals surface area contributed by atoms with Gasteiger partial charge in [0.2, 0.25) is 5.91 Å². The number of nitro benzene ring substituents is 1. The van der Waals surface area contributed by atoms with E-state index in [-0.39, 0.29) is 58.2 Å². The van der Waals surface area contributed by atoms with Crippen molar-refractivity contribution in [2.24, 2.45) is 0 Å².